The molecule has 0 aromatic heterocycles. The molecule has 0 spiro atoms. The summed E-state index contributed by atoms with van der Waals surface area (Å²) < 4.78 is 23.8. The number of rotatable bonds is 3. The lowest BCUT2D eigenvalue weighted by Crippen LogP contribution is -2.43. The highest BCUT2D eigenvalue weighted by molar-refractivity contribution is 7.90. The Morgan fingerprint density at radius 1 is 1.24 bits per heavy atom. The molecule has 2 aliphatic rings. The summed E-state index contributed by atoms with van der Waals surface area (Å²) in [6.07, 6.45) is 4.41. The van der Waals surface area contributed by atoms with E-state index >= 15 is 0 Å². The fraction of sp³-hybridized carbons (Fsp3) is 0.632. The quantitative estimate of drug-likeness (QED) is 0.896. The van der Waals surface area contributed by atoms with Crippen molar-refractivity contribution in [1.29, 1.82) is 0 Å². The standard InChI is InChI=1S/C19H28N2O3S/c1-18(2)9-15-10-19(3,12-18)13-21(15)17(22)20-11-14-7-5-6-8-16(14)25(4,23)24/h5-8,15H,9-13H2,1-4H3,(H,20,22). The smallest absolute Gasteiger partial charge is 0.317 e. The summed E-state index contributed by atoms with van der Waals surface area (Å²) >= 11 is 0. The average Bonchev–Trinajstić information content (AvgIpc) is 2.73. The van der Waals surface area contributed by atoms with Crippen LogP contribution in [0, 0.1) is 10.8 Å². The van der Waals surface area contributed by atoms with Crippen LogP contribution < -0.4 is 5.32 Å². The van der Waals surface area contributed by atoms with Crippen molar-refractivity contribution in [1.82, 2.24) is 10.2 Å². The van der Waals surface area contributed by atoms with Crippen molar-refractivity contribution in [2.45, 2.75) is 57.5 Å². The van der Waals surface area contributed by atoms with E-state index in [1.807, 2.05) is 4.90 Å². The first kappa shape index (κ1) is 18.2. The molecule has 1 saturated heterocycles. The second-order valence-corrected chi connectivity index (χ2v) is 10.9. The van der Waals surface area contributed by atoms with Gasteiger partial charge in [-0.3, -0.25) is 0 Å². The number of hydrogen-bond acceptors (Lipinski definition) is 3. The van der Waals surface area contributed by atoms with Crippen LogP contribution >= 0.6 is 0 Å². The van der Waals surface area contributed by atoms with Gasteiger partial charge < -0.3 is 10.2 Å². The fourth-order valence-corrected chi connectivity index (χ4v) is 5.92. The Hall–Kier alpha value is -1.56. The maximum absolute atomic E-state index is 12.7. The zero-order chi connectivity index (χ0) is 18.5. The monoisotopic (exact) mass is 364 g/mol. The summed E-state index contributed by atoms with van der Waals surface area (Å²) in [5.74, 6) is 0. The molecule has 2 fully saturated rings. The van der Waals surface area contributed by atoms with Crippen LogP contribution in [0.25, 0.3) is 0 Å². The molecular weight excluding hydrogens is 336 g/mol. The van der Waals surface area contributed by atoms with Gasteiger partial charge in [-0.15, -0.1) is 0 Å². The summed E-state index contributed by atoms with van der Waals surface area (Å²) in [6.45, 7) is 7.83. The van der Waals surface area contributed by atoms with Crippen LogP contribution in [0.4, 0.5) is 4.79 Å². The van der Waals surface area contributed by atoms with Crippen LogP contribution in [0.5, 0.6) is 0 Å². The number of carbonyl (C=O) groups excluding carboxylic acids is 1. The van der Waals surface area contributed by atoms with E-state index in [-0.39, 0.29) is 34.3 Å². The fourth-order valence-electron chi connectivity index (χ4n) is 4.98. The Morgan fingerprint density at radius 2 is 1.92 bits per heavy atom. The topological polar surface area (TPSA) is 66.5 Å². The largest absolute Gasteiger partial charge is 0.334 e. The van der Waals surface area contributed by atoms with Crippen LogP contribution in [0.3, 0.4) is 0 Å². The molecular formula is C19H28N2O3S. The highest BCUT2D eigenvalue weighted by Gasteiger charge is 2.50. The van der Waals surface area contributed by atoms with Gasteiger partial charge in [0.15, 0.2) is 9.84 Å². The predicted octanol–water partition coefficient (Wildman–Crippen LogP) is 3.20. The highest BCUT2D eigenvalue weighted by Crippen LogP contribution is 2.52. The summed E-state index contributed by atoms with van der Waals surface area (Å²) in [5.41, 5.74) is 1.08. The molecule has 2 amide bonds. The lowest BCUT2D eigenvalue weighted by atomic mass is 9.65. The summed E-state index contributed by atoms with van der Waals surface area (Å²) in [4.78, 5) is 15.0. The van der Waals surface area contributed by atoms with E-state index in [1.54, 1.807) is 24.3 Å². The minimum atomic E-state index is -3.30. The van der Waals surface area contributed by atoms with Crippen LogP contribution in [0.1, 0.15) is 45.6 Å². The summed E-state index contributed by atoms with van der Waals surface area (Å²) in [6, 6.07) is 7.03. The van der Waals surface area contributed by atoms with Crippen molar-refractivity contribution in [2.24, 2.45) is 10.8 Å². The first-order valence-corrected chi connectivity index (χ1v) is 10.7. The Kier molecular flexibility index (Phi) is 4.38. The minimum absolute atomic E-state index is 0.0882. The first-order chi connectivity index (χ1) is 11.5. The lowest BCUT2D eigenvalue weighted by Gasteiger charge is -2.39. The van der Waals surface area contributed by atoms with Gasteiger partial charge in [0.1, 0.15) is 0 Å². The third kappa shape index (κ3) is 3.84. The molecule has 6 heteroatoms. The van der Waals surface area contributed by atoms with Crippen LogP contribution in [0.2, 0.25) is 0 Å². The van der Waals surface area contributed by atoms with Gasteiger partial charge in [-0.25, -0.2) is 13.2 Å². The van der Waals surface area contributed by atoms with Crippen molar-refractivity contribution < 1.29 is 13.2 Å². The molecule has 2 unspecified atom stereocenters. The van der Waals surface area contributed by atoms with E-state index in [1.165, 1.54) is 6.26 Å². The summed E-state index contributed by atoms with van der Waals surface area (Å²) in [7, 11) is -3.30. The van der Waals surface area contributed by atoms with E-state index in [0.29, 0.717) is 5.56 Å². The predicted molar refractivity (Wildman–Crippen MR) is 98.0 cm³/mol. The molecule has 1 aliphatic heterocycles. The normalized spacial score (nSPS) is 28.0. The number of urea groups is 1. The molecule has 1 aromatic rings. The van der Waals surface area contributed by atoms with Crippen LogP contribution in [-0.2, 0) is 16.4 Å². The SMILES string of the molecule is CC1(C)CC2CC(C)(CN2C(=O)NCc2ccccc2S(C)(=O)=O)C1. The van der Waals surface area contributed by atoms with Gasteiger partial charge in [-0.05, 0) is 41.7 Å². The zero-order valence-corrected chi connectivity index (χ0v) is 16.3. The molecule has 1 N–H and O–H groups in total. The van der Waals surface area contributed by atoms with Crippen molar-refractivity contribution in [3.8, 4) is 0 Å². The van der Waals surface area contributed by atoms with E-state index in [0.717, 1.165) is 25.8 Å². The molecule has 2 bridgehead atoms. The van der Waals surface area contributed by atoms with Crippen LogP contribution in [0.15, 0.2) is 29.2 Å². The number of amides is 2. The Labute approximate surface area is 150 Å². The number of benzene rings is 1. The van der Waals surface area contributed by atoms with Gasteiger partial charge in [-0.2, -0.15) is 0 Å². The maximum Gasteiger partial charge on any atom is 0.317 e. The molecule has 5 nitrogen and oxygen atoms in total. The Morgan fingerprint density at radius 3 is 2.60 bits per heavy atom. The molecule has 1 aromatic carbocycles. The van der Waals surface area contributed by atoms with Crippen molar-refractivity contribution in [2.75, 3.05) is 12.8 Å². The number of carbonyl (C=O) groups is 1. The van der Waals surface area contributed by atoms with Crippen molar-refractivity contribution in [3.63, 3.8) is 0 Å². The third-order valence-electron chi connectivity index (χ3n) is 5.48. The molecule has 25 heavy (non-hydrogen) atoms. The van der Waals surface area contributed by atoms with Gasteiger partial charge in [0.25, 0.3) is 0 Å². The number of likely N-dealkylation sites (tertiary alicyclic amines) is 1. The zero-order valence-electron chi connectivity index (χ0n) is 15.5. The molecule has 1 saturated carbocycles. The van der Waals surface area contributed by atoms with E-state index in [9.17, 15) is 13.2 Å². The number of nitrogens with zero attached hydrogens (tertiary/aromatic N) is 1. The molecule has 2 atom stereocenters. The molecule has 3 rings (SSSR count). The Bertz CT molecular complexity index is 788. The van der Waals surface area contributed by atoms with Crippen molar-refractivity contribution in [3.05, 3.63) is 29.8 Å². The molecule has 1 aliphatic carbocycles. The van der Waals surface area contributed by atoms with Gasteiger partial charge >= 0.3 is 6.03 Å². The molecule has 138 valence electrons. The van der Waals surface area contributed by atoms with Gasteiger partial charge in [0.2, 0.25) is 0 Å². The average molecular weight is 365 g/mol. The van der Waals surface area contributed by atoms with Crippen molar-refractivity contribution >= 4 is 15.9 Å². The number of fused-ring (bicyclic) bond motifs is 2. The molecule has 1 heterocycles. The minimum Gasteiger partial charge on any atom is -0.334 e. The lowest BCUT2D eigenvalue weighted by molar-refractivity contribution is 0.129. The molecule has 0 radical (unpaired) electrons. The second kappa shape index (κ2) is 6.01. The first-order valence-electron chi connectivity index (χ1n) is 8.82. The Balaban J connectivity index is 1.71. The number of sulfone groups is 1. The summed E-state index contributed by atoms with van der Waals surface area (Å²) in [5, 5.41) is 2.93. The maximum atomic E-state index is 12.7. The van der Waals surface area contributed by atoms with E-state index in [2.05, 4.69) is 26.1 Å². The van der Waals surface area contributed by atoms with E-state index < -0.39 is 9.84 Å². The number of hydrogen-bond donors (Lipinski definition) is 1. The van der Waals surface area contributed by atoms with Gasteiger partial charge in [0, 0.05) is 25.4 Å². The third-order valence-corrected chi connectivity index (χ3v) is 6.68. The highest BCUT2D eigenvalue weighted by atomic mass is 32.2. The van der Waals surface area contributed by atoms with Gasteiger partial charge in [-0.1, -0.05) is 39.0 Å². The second-order valence-electron chi connectivity index (χ2n) is 8.88. The number of nitrogens with one attached hydrogen (secondary N) is 1. The van der Waals surface area contributed by atoms with E-state index in [4.69, 9.17) is 0 Å². The van der Waals surface area contributed by atoms with Crippen LogP contribution in [-0.4, -0.2) is 38.2 Å². The van der Waals surface area contributed by atoms with Gasteiger partial charge in [0.05, 0.1) is 4.90 Å².